The van der Waals surface area contributed by atoms with Crippen LogP contribution in [-0.4, -0.2) is 24.2 Å². The molecule has 4 aromatic rings. The topological polar surface area (TPSA) is 107 Å². The zero-order chi connectivity index (χ0) is 21.8. The summed E-state index contributed by atoms with van der Waals surface area (Å²) in [7, 11) is 1.50. The van der Waals surface area contributed by atoms with Gasteiger partial charge < -0.3 is 9.15 Å². The molecule has 0 unspecified atom stereocenters. The second kappa shape index (κ2) is 8.50. The van der Waals surface area contributed by atoms with Crippen LogP contribution in [0.2, 0.25) is 0 Å². The third-order valence-corrected chi connectivity index (χ3v) is 4.66. The average molecular weight is 415 g/mol. The predicted molar refractivity (Wildman–Crippen MR) is 116 cm³/mol. The fourth-order valence-electron chi connectivity index (χ4n) is 3.19. The molecule has 1 aromatic heterocycles. The fourth-order valence-corrected chi connectivity index (χ4v) is 3.19. The van der Waals surface area contributed by atoms with Gasteiger partial charge in [0.05, 0.1) is 29.4 Å². The number of carbonyl (C=O) groups excluding carboxylic acids is 1. The van der Waals surface area contributed by atoms with E-state index in [0.717, 1.165) is 10.8 Å². The summed E-state index contributed by atoms with van der Waals surface area (Å²) in [6.45, 7) is 0. The number of fused-ring (bicyclic) bond motifs is 1. The largest absolute Gasteiger partial charge is 0.496 e. The van der Waals surface area contributed by atoms with Crippen LogP contribution in [0.25, 0.3) is 22.1 Å². The number of ether oxygens (including phenoxy) is 1. The van der Waals surface area contributed by atoms with E-state index in [1.807, 2.05) is 24.3 Å². The molecule has 31 heavy (non-hydrogen) atoms. The molecule has 4 rings (SSSR count). The Balaban J connectivity index is 1.52. The molecule has 8 heteroatoms. The van der Waals surface area contributed by atoms with Crippen molar-refractivity contribution in [3.8, 4) is 17.1 Å². The quantitative estimate of drug-likeness (QED) is 0.277. The molecule has 0 bridgehead atoms. The molecule has 0 fully saturated rings. The zero-order valence-electron chi connectivity index (χ0n) is 16.4. The van der Waals surface area contributed by atoms with Gasteiger partial charge >= 0.3 is 0 Å². The molecule has 0 spiro atoms. The molecule has 0 aliphatic heterocycles. The van der Waals surface area contributed by atoms with Crippen LogP contribution < -0.4 is 10.2 Å². The first-order valence-corrected chi connectivity index (χ1v) is 9.30. The van der Waals surface area contributed by atoms with Gasteiger partial charge in [-0.25, -0.2) is 5.43 Å². The molecule has 0 atom stereocenters. The van der Waals surface area contributed by atoms with Gasteiger partial charge in [-0.05, 0) is 41.1 Å². The number of hydrazone groups is 1. The van der Waals surface area contributed by atoms with Gasteiger partial charge in [0.15, 0.2) is 0 Å². The molecular weight excluding hydrogens is 398 g/mol. The Hall–Kier alpha value is -4.46. The third-order valence-electron chi connectivity index (χ3n) is 4.66. The number of benzene rings is 3. The number of hydrogen-bond acceptors (Lipinski definition) is 6. The molecule has 0 saturated heterocycles. The van der Waals surface area contributed by atoms with E-state index >= 15 is 0 Å². The van der Waals surface area contributed by atoms with Gasteiger partial charge in [0.1, 0.15) is 17.3 Å². The monoisotopic (exact) mass is 415 g/mol. The zero-order valence-corrected chi connectivity index (χ0v) is 16.4. The van der Waals surface area contributed by atoms with Crippen molar-refractivity contribution in [2.75, 3.05) is 7.11 Å². The highest BCUT2D eigenvalue weighted by Crippen LogP contribution is 2.30. The number of nitrogens with zero attached hydrogens (tertiary/aromatic N) is 2. The van der Waals surface area contributed by atoms with Gasteiger partial charge in [0.2, 0.25) is 0 Å². The highest BCUT2D eigenvalue weighted by atomic mass is 16.6. The number of amides is 1. The molecule has 1 heterocycles. The summed E-state index contributed by atoms with van der Waals surface area (Å²) in [4.78, 5) is 23.3. The van der Waals surface area contributed by atoms with E-state index in [4.69, 9.17) is 9.15 Å². The van der Waals surface area contributed by atoms with Gasteiger partial charge in [0, 0.05) is 6.07 Å². The number of rotatable bonds is 6. The van der Waals surface area contributed by atoms with Crippen LogP contribution in [0.4, 0.5) is 5.69 Å². The number of para-hydroxylation sites is 1. The minimum atomic E-state index is -0.469. The van der Waals surface area contributed by atoms with Crippen molar-refractivity contribution in [1.82, 2.24) is 5.43 Å². The van der Waals surface area contributed by atoms with Crippen molar-refractivity contribution in [2.45, 2.75) is 0 Å². The van der Waals surface area contributed by atoms with Crippen molar-refractivity contribution in [3.05, 3.63) is 94.2 Å². The number of hydrogen-bond donors (Lipinski definition) is 1. The van der Waals surface area contributed by atoms with E-state index < -0.39 is 10.8 Å². The summed E-state index contributed by atoms with van der Waals surface area (Å²) in [5.74, 6) is 0.655. The molecule has 1 N–H and O–H groups in total. The maximum atomic E-state index is 12.6. The van der Waals surface area contributed by atoms with Crippen molar-refractivity contribution >= 4 is 28.6 Å². The third kappa shape index (κ3) is 4.13. The maximum absolute atomic E-state index is 12.6. The van der Waals surface area contributed by atoms with Crippen molar-refractivity contribution in [3.63, 3.8) is 0 Å². The maximum Gasteiger partial charge on any atom is 0.280 e. The predicted octanol–water partition coefficient (Wildman–Crippen LogP) is 4.78. The molecule has 3 aromatic carbocycles. The van der Waals surface area contributed by atoms with Gasteiger partial charge in [-0.3, -0.25) is 14.9 Å². The van der Waals surface area contributed by atoms with E-state index in [1.165, 1.54) is 19.4 Å². The molecular formula is C23H17N3O5. The van der Waals surface area contributed by atoms with Crippen molar-refractivity contribution in [1.29, 1.82) is 0 Å². The lowest BCUT2D eigenvalue weighted by molar-refractivity contribution is -0.384. The Labute approximate surface area is 176 Å². The van der Waals surface area contributed by atoms with Crippen LogP contribution in [0.15, 0.2) is 82.3 Å². The fraction of sp³-hybridized carbons (Fsp3) is 0.0435. The van der Waals surface area contributed by atoms with Gasteiger partial charge in [0.25, 0.3) is 11.6 Å². The number of carbonyl (C=O) groups is 1. The van der Waals surface area contributed by atoms with E-state index in [9.17, 15) is 14.9 Å². The summed E-state index contributed by atoms with van der Waals surface area (Å²) in [6, 6.07) is 20.7. The Bertz CT molecular complexity index is 1310. The number of furan rings is 1. The second-order valence-corrected chi connectivity index (χ2v) is 6.58. The molecule has 154 valence electrons. The van der Waals surface area contributed by atoms with Crippen LogP contribution in [0.3, 0.4) is 0 Å². The smallest absolute Gasteiger partial charge is 0.280 e. The lowest BCUT2D eigenvalue weighted by atomic mass is 10.1. The SMILES string of the molecule is COc1cc2ccccc2cc1C(=O)NN=Cc1ccc(-c2ccccc2[N+](=O)[O-])o1. The van der Waals surface area contributed by atoms with Crippen LogP contribution >= 0.6 is 0 Å². The summed E-state index contributed by atoms with van der Waals surface area (Å²) >= 11 is 0. The summed E-state index contributed by atoms with van der Waals surface area (Å²) < 4.78 is 11.0. The Morgan fingerprint density at radius 3 is 2.52 bits per heavy atom. The van der Waals surface area contributed by atoms with E-state index in [2.05, 4.69) is 10.5 Å². The molecule has 0 radical (unpaired) electrons. The Morgan fingerprint density at radius 2 is 1.77 bits per heavy atom. The normalized spacial score (nSPS) is 11.0. The summed E-state index contributed by atoms with van der Waals surface area (Å²) in [5, 5.41) is 17.0. The minimum Gasteiger partial charge on any atom is -0.496 e. The van der Waals surface area contributed by atoms with Crippen molar-refractivity contribution in [2.24, 2.45) is 5.10 Å². The van der Waals surface area contributed by atoms with Gasteiger partial charge in [-0.15, -0.1) is 0 Å². The number of nitro benzene ring substituents is 1. The molecule has 1 amide bonds. The molecule has 0 saturated carbocycles. The van der Waals surface area contributed by atoms with E-state index in [0.29, 0.717) is 28.4 Å². The molecule has 0 aliphatic rings. The van der Waals surface area contributed by atoms with Crippen molar-refractivity contribution < 1.29 is 18.9 Å². The Morgan fingerprint density at radius 1 is 1.06 bits per heavy atom. The first-order valence-electron chi connectivity index (χ1n) is 9.30. The highest BCUT2D eigenvalue weighted by Gasteiger charge is 2.17. The van der Waals surface area contributed by atoms with Crippen LogP contribution in [0, 0.1) is 10.1 Å². The van der Waals surface area contributed by atoms with Crippen LogP contribution in [-0.2, 0) is 0 Å². The van der Waals surface area contributed by atoms with Gasteiger partial charge in [-0.1, -0.05) is 36.4 Å². The first kappa shape index (κ1) is 19.8. The average Bonchev–Trinajstić information content (AvgIpc) is 3.26. The minimum absolute atomic E-state index is 0.0583. The number of nitrogens with one attached hydrogen (secondary N) is 1. The van der Waals surface area contributed by atoms with Gasteiger partial charge in [-0.2, -0.15) is 5.10 Å². The van der Waals surface area contributed by atoms with Crippen LogP contribution in [0.5, 0.6) is 5.75 Å². The lowest BCUT2D eigenvalue weighted by Crippen LogP contribution is -2.18. The lowest BCUT2D eigenvalue weighted by Gasteiger charge is -2.09. The summed E-state index contributed by atoms with van der Waals surface area (Å²) in [6.07, 6.45) is 1.32. The van der Waals surface area contributed by atoms with E-state index in [-0.39, 0.29) is 5.69 Å². The molecule has 0 aliphatic carbocycles. The van der Waals surface area contributed by atoms with E-state index in [1.54, 1.807) is 42.5 Å². The molecule has 8 nitrogen and oxygen atoms in total. The van der Waals surface area contributed by atoms with Crippen LogP contribution in [0.1, 0.15) is 16.1 Å². The Kier molecular flexibility index (Phi) is 5.44. The number of methoxy groups -OCH3 is 1. The second-order valence-electron chi connectivity index (χ2n) is 6.58. The standard InChI is InChI=1S/C23H17N3O5/c1-30-22-13-16-7-3-2-6-15(16)12-19(22)23(27)25-24-14-17-10-11-21(31-17)18-8-4-5-9-20(18)26(28)29/h2-14H,1H3,(H,25,27). The highest BCUT2D eigenvalue weighted by molar-refractivity contribution is 6.01. The number of nitro groups is 1. The first-order chi connectivity index (χ1) is 15.1. The summed E-state index contributed by atoms with van der Waals surface area (Å²) in [5.41, 5.74) is 3.09.